The minimum absolute atomic E-state index is 0.433. The molecule has 4 aromatic rings. The first-order valence-electron chi connectivity index (χ1n) is 11.6. The lowest BCUT2D eigenvalue weighted by Gasteiger charge is -2.52. The molecule has 0 radical (unpaired) electrons. The first-order valence-corrected chi connectivity index (χ1v) is 11.6. The summed E-state index contributed by atoms with van der Waals surface area (Å²) in [6, 6.07) is 31.1. The van der Waals surface area contributed by atoms with Crippen LogP contribution in [0.1, 0.15) is 43.2 Å². The summed E-state index contributed by atoms with van der Waals surface area (Å²) in [5.41, 5.74) is 1.73. The number of benzene rings is 4. The molecular weight excluding hydrogens is 378 g/mol. The Kier molecular flexibility index (Phi) is 4.59. The second kappa shape index (κ2) is 7.47. The van der Waals surface area contributed by atoms with E-state index in [4.69, 9.17) is 0 Å². The number of rotatable bonds is 3. The van der Waals surface area contributed by atoms with Crippen molar-refractivity contribution in [3.63, 3.8) is 0 Å². The lowest BCUT2D eigenvalue weighted by molar-refractivity contribution is -0.0991. The Balaban J connectivity index is 1.42. The second-order valence-corrected chi connectivity index (χ2v) is 9.53. The summed E-state index contributed by atoms with van der Waals surface area (Å²) in [6.45, 7) is 0.991. The average Bonchev–Trinajstić information content (AvgIpc) is 2.80. The molecule has 6 rings (SSSR count). The van der Waals surface area contributed by atoms with Crippen molar-refractivity contribution < 1.29 is 5.11 Å². The highest BCUT2D eigenvalue weighted by Gasteiger charge is 2.46. The number of aliphatic hydroxyl groups is 1. The van der Waals surface area contributed by atoms with Crippen molar-refractivity contribution in [1.29, 1.82) is 0 Å². The molecule has 0 spiro atoms. The summed E-state index contributed by atoms with van der Waals surface area (Å²) < 4.78 is 0. The van der Waals surface area contributed by atoms with Gasteiger partial charge in [0.25, 0.3) is 0 Å². The Morgan fingerprint density at radius 2 is 1.35 bits per heavy atom. The van der Waals surface area contributed by atoms with Crippen LogP contribution in [-0.4, -0.2) is 22.1 Å². The fraction of sp³-hybridized carbons (Fsp3) is 0.310. The average molecular weight is 408 g/mol. The number of nitrogens with zero attached hydrogens (tertiary/aromatic N) is 1. The maximum absolute atomic E-state index is 12.2. The topological polar surface area (TPSA) is 23.5 Å². The van der Waals surface area contributed by atoms with Crippen molar-refractivity contribution in [3.05, 3.63) is 96.1 Å². The Bertz CT molecular complexity index is 1220. The van der Waals surface area contributed by atoms with Crippen LogP contribution in [0.25, 0.3) is 21.5 Å². The van der Waals surface area contributed by atoms with Crippen LogP contribution in [0, 0.1) is 0 Å². The quantitative estimate of drug-likeness (QED) is 0.397. The standard InChI is InChI=1S/C29H29NO/c31-29(28-17-22-11-4-5-14-25(22)26-15-6-7-16-27(26)28)18-23-12-8-13-24(19-29)30(23)20-21-9-2-1-3-10-21/h1-7,9-11,14-17,23-24,31H,8,12-13,18-20H2. The van der Waals surface area contributed by atoms with E-state index in [-0.39, 0.29) is 0 Å². The van der Waals surface area contributed by atoms with Gasteiger partial charge in [0.05, 0.1) is 5.60 Å². The lowest BCUT2D eigenvalue weighted by Crippen LogP contribution is -2.56. The van der Waals surface area contributed by atoms with Crippen LogP contribution < -0.4 is 0 Å². The third-order valence-electron chi connectivity index (χ3n) is 7.64. The van der Waals surface area contributed by atoms with Gasteiger partial charge in [-0.05, 0) is 64.4 Å². The summed E-state index contributed by atoms with van der Waals surface area (Å²) in [5.74, 6) is 0. The molecular formula is C29H29NO. The van der Waals surface area contributed by atoms with Crippen molar-refractivity contribution in [2.75, 3.05) is 0 Å². The van der Waals surface area contributed by atoms with Gasteiger partial charge in [0.15, 0.2) is 0 Å². The fourth-order valence-electron chi connectivity index (χ4n) is 6.23. The minimum Gasteiger partial charge on any atom is -0.385 e. The predicted molar refractivity (Wildman–Crippen MR) is 128 cm³/mol. The monoisotopic (exact) mass is 407 g/mol. The van der Waals surface area contributed by atoms with Crippen LogP contribution in [-0.2, 0) is 12.1 Å². The van der Waals surface area contributed by atoms with Crippen molar-refractivity contribution in [1.82, 2.24) is 4.90 Å². The first kappa shape index (κ1) is 19.0. The zero-order valence-corrected chi connectivity index (χ0v) is 17.9. The van der Waals surface area contributed by atoms with Crippen LogP contribution >= 0.6 is 0 Å². The Labute approximate surface area is 184 Å². The fourth-order valence-corrected chi connectivity index (χ4v) is 6.23. The van der Waals surface area contributed by atoms with Crippen molar-refractivity contribution >= 4 is 21.5 Å². The molecule has 1 N–H and O–H groups in total. The molecule has 156 valence electrons. The van der Waals surface area contributed by atoms with Gasteiger partial charge in [-0.25, -0.2) is 0 Å². The molecule has 2 atom stereocenters. The van der Waals surface area contributed by atoms with E-state index in [2.05, 4.69) is 89.8 Å². The third kappa shape index (κ3) is 3.26. The van der Waals surface area contributed by atoms with Gasteiger partial charge in [-0.2, -0.15) is 0 Å². The Morgan fingerprint density at radius 3 is 2.10 bits per heavy atom. The van der Waals surface area contributed by atoms with E-state index in [1.54, 1.807) is 0 Å². The van der Waals surface area contributed by atoms with Gasteiger partial charge in [-0.3, -0.25) is 4.90 Å². The van der Waals surface area contributed by atoms with E-state index in [0.717, 1.165) is 24.9 Å². The maximum Gasteiger partial charge on any atom is 0.0932 e. The molecule has 0 amide bonds. The highest BCUT2D eigenvalue weighted by atomic mass is 16.3. The van der Waals surface area contributed by atoms with Crippen LogP contribution in [0.15, 0.2) is 84.9 Å². The van der Waals surface area contributed by atoms with Crippen molar-refractivity contribution in [2.24, 2.45) is 0 Å². The van der Waals surface area contributed by atoms with Gasteiger partial charge >= 0.3 is 0 Å². The molecule has 2 nitrogen and oxygen atoms in total. The minimum atomic E-state index is -0.771. The van der Waals surface area contributed by atoms with Gasteiger partial charge in [-0.15, -0.1) is 0 Å². The Morgan fingerprint density at radius 1 is 0.742 bits per heavy atom. The molecule has 2 aliphatic heterocycles. The number of piperidine rings is 2. The van der Waals surface area contributed by atoms with Gasteiger partial charge in [0.1, 0.15) is 0 Å². The maximum atomic E-state index is 12.2. The number of hydrogen-bond donors (Lipinski definition) is 1. The highest BCUT2D eigenvalue weighted by molar-refractivity contribution is 6.09. The molecule has 2 unspecified atom stereocenters. The molecule has 0 aliphatic carbocycles. The van der Waals surface area contributed by atoms with E-state index in [1.807, 2.05) is 0 Å². The molecule has 2 heterocycles. The molecule has 0 saturated carbocycles. The molecule has 0 aromatic heterocycles. The summed E-state index contributed by atoms with van der Waals surface area (Å²) >= 11 is 0. The second-order valence-electron chi connectivity index (χ2n) is 9.53. The van der Waals surface area contributed by atoms with Gasteiger partial charge in [0.2, 0.25) is 0 Å². The van der Waals surface area contributed by atoms with E-state index in [0.29, 0.717) is 12.1 Å². The van der Waals surface area contributed by atoms with Crippen LogP contribution in [0.3, 0.4) is 0 Å². The summed E-state index contributed by atoms with van der Waals surface area (Å²) in [4.78, 5) is 2.68. The normalized spacial score (nSPS) is 26.4. The Hall–Kier alpha value is -2.68. The van der Waals surface area contributed by atoms with Gasteiger partial charge < -0.3 is 5.11 Å². The largest absolute Gasteiger partial charge is 0.385 e. The summed E-state index contributed by atoms with van der Waals surface area (Å²) in [6.07, 6.45) is 5.26. The van der Waals surface area contributed by atoms with E-state index in [1.165, 1.54) is 46.4 Å². The number of fused-ring (bicyclic) bond motifs is 5. The molecule has 2 bridgehead atoms. The first-order chi connectivity index (χ1) is 15.2. The lowest BCUT2D eigenvalue weighted by atomic mass is 9.71. The molecule has 2 heteroatoms. The summed E-state index contributed by atoms with van der Waals surface area (Å²) in [5, 5.41) is 17.1. The number of hydrogen-bond acceptors (Lipinski definition) is 2. The van der Waals surface area contributed by atoms with E-state index < -0.39 is 5.60 Å². The molecule has 31 heavy (non-hydrogen) atoms. The highest BCUT2D eigenvalue weighted by Crippen LogP contribution is 2.47. The summed E-state index contributed by atoms with van der Waals surface area (Å²) in [7, 11) is 0. The SMILES string of the molecule is OC1(c2cc3ccccc3c3ccccc23)CC2CCCC(C1)N2Cc1ccccc1. The van der Waals surface area contributed by atoms with Crippen LogP contribution in [0.2, 0.25) is 0 Å². The van der Waals surface area contributed by atoms with E-state index in [9.17, 15) is 5.11 Å². The molecule has 2 fully saturated rings. The van der Waals surface area contributed by atoms with Crippen LogP contribution in [0.4, 0.5) is 0 Å². The van der Waals surface area contributed by atoms with Crippen molar-refractivity contribution in [3.8, 4) is 0 Å². The predicted octanol–water partition coefficient (Wildman–Crippen LogP) is 6.40. The van der Waals surface area contributed by atoms with Gasteiger partial charge in [-0.1, -0.05) is 85.3 Å². The van der Waals surface area contributed by atoms with E-state index >= 15 is 0 Å². The van der Waals surface area contributed by atoms with Crippen molar-refractivity contribution in [2.45, 2.75) is 56.3 Å². The van der Waals surface area contributed by atoms with Crippen LogP contribution in [0.5, 0.6) is 0 Å². The van der Waals surface area contributed by atoms with Gasteiger partial charge in [0, 0.05) is 18.6 Å². The molecule has 2 saturated heterocycles. The zero-order chi connectivity index (χ0) is 20.8. The molecule has 2 aliphatic rings. The third-order valence-corrected chi connectivity index (χ3v) is 7.64. The molecule has 4 aromatic carbocycles. The smallest absolute Gasteiger partial charge is 0.0932 e. The zero-order valence-electron chi connectivity index (χ0n) is 17.9.